The number of amides is 3. The number of nitrogens with one attached hydrogen (secondary N) is 1. The van der Waals surface area contributed by atoms with Gasteiger partial charge in [-0.05, 0) is 31.5 Å². The first-order valence-corrected chi connectivity index (χ1v) is 8.14. The Labute approximate surface area is 146 Å². The normalized spacial score (nSPS) is 13.3. The fraction of sp³-hybridized carbons (Fsp3) is 0.250. The number of rotatable bonds is 5. The Morgan fingerprint density at radius 1 is 1.25 bits per heavy atom. The molecule has 124 valence electrons. The van der Waals surface area contributed by atoms with Gasteiger partial charge in [-0.3, -0.25) is 24.6 Å². The molecule has 7 nitrogen and oxygen atoms in total. The summed E-state index contributed by atoms with van der Waals surface area (Å²) < 4.78 is 5.64. The largest absolute Gasteiger partial charge is 0.338 e. The smallest absolute Gasteiger partial charge is 0.261 e. The highest BCUT2D eigenvalue weighted by molar-refractivity contribution is 9.10. The van der Waals surface area contributed by atoms with Gasteiger partial charge in [0.15, 0.2) is 0 Å². The first kappa shape index (κ1) is 16.4. The van der Waals surface area contributed by atoms with E-state index in [1.807, 2.05) is 0 Å². The lowest BCUT2D eigenvalue weighted by Crippen LogP contribution is -2.31. The molecule has 24 heavy (non-hydrogen) atoms. The third-order valence-corrected chi connectivity index (χ3v) is 4.10. The zero-order valence-corrected chi connectivity index (χ0v) is 14.4. The van der Waals surface area contributed by atoms with Crippen LogP contribution in [0.4, 0.5) is 5.88 Å². The molecule has 0 bridgehead atoms. The van der Waals surface area contributed by atoms with Gasteiger partial charge in [-0.1, -0.05) is 21.1 Å². The molecular formula is C16H14BrN3O4. The summed E-state index contributed by atoms with van der Waals surface area (Å²) >= 11 is 3.29. The van der Waals surface area contributed by atoms with Crippen molar-refractivity contribution in [1.82, 2.24) is 10.1 Å². The van der Waals surface area contributed by atoms with Crippen LogP contribution >= 0.6 is 15.9 Å². The Morgan fingerprint density at radius 3 is 2.71 bits per heavy atom. The SMILES string of the molecule is Cc1cc(NC(=O)CCCN2C(=O)c3ccc(Br)cc3C2=O)on1. The molecule has 2 aromatic rings. The Kier molecular flexibility index (Phi) is 4.48. The Balaban J connectivity index is 1.55. The van der Waals surface area contributed by atoms with Crippen molar-refractivity contribution in [2.75, 3.05) is 11.9 Å². The molecule has 0 saturated carbocycles. The van der Waals surface area contributed by atoms with E-state index >= 15 is 0 Å². The summed E-state index contributed by atoms with van der Waals surface area (Å²) in [6.45, 7) is 1.94. The Hall–Kier alpha value is -2.48. The van der Waals surface area contributed by atoms with Crippen LogP contribution < -0.4 is 5.32 Å². The molecule has 0 atom stereocenters. The molecule has 1 aliphatic rings. The van der Waals surface area contributed by atoms with E-state index in [1.54, 1.807) is 31.2 Å². The first-order valence-electron chi connectivity index (χ1n) is 7.34. The second-order valence-electron chi connectivity index (χ2n) is 5.44. The molecule has 0 spiro atoms. The van der Waals surface area contributed by atoms with Crippen LogP contribution in [0.15, 0.2) is 33.3 Å². The minimum atomic E-state index is -0.331. The molecule has 1 aromatic carbocycles. The molecule has 0 unspecified atom stereocenters. The lowest BCUT2D eigenvalue weighted by molar-refractivity contribution is -0.116. The van der Waals surface area contributed by atoms with Crippen LogP contribution in [0.2, 0.25) is 0 Å². The zero-order valence-electron chi connectivity index (χ0n) is 12.8. The van der Waals surface area contributed by atoms with Crippen LogP contribution in [-0.4, -0.2) is 34.3 Å². The van der Waals surface area contributed by atoms with Gasteiger partial charge in [-0.2, -0.15) is 0 Å². The second kappa shape index (κ2) is 6.56. The average molecular weight is 392 g/mol. The summed E-state index contributed by atoms with van der Waals surface area (Å²) in [5.41, 5.74) is 1.45. The molecular weight excluding hydrogens is 378 g/mol. The van der Waals surface area contributed by atoms with Crippen molar-refractivity contribution in [2.24, 2.45) is 0 Å². The second-order valence-corrected chi connectivity index (χ2v) is 6.35. The minimum absolute atomic E-state index is 0.164. The average Bonchev–Trinajstić information content (AvgIpc) is 3.04. The number of aromatic nitrogens is 1. The summed E-state index contributed by atoms with van der Waals surface area (Å²) in [6, 6.07) is 6.59. The topological polar surface area (TPSA) is 92.5 Å². The van der Waals surface area contributed by atoms with Crippen LogP contribution in [0, 0.1) is 6.92 Å². The van der Waals surface area contributed by atoms with E-state index in [9.17, 15) is 14.4 Å². The van der Waals surface area contributed by atoms with Gasteiger partial charge in [0.05, 0.1) is 16.8 Å². The molecule has 3 amide bonds. The van der Waals surface area contributed by atoms with E-state index in [0.717, 1.165) is 4.47 Å². The fourth-order valence-electron chi connectivity index (χ4n) is 2.49. The predicted molar refractivity (Wildman–Crippen MR) is 88.6 cm³/mol. The van der Waals surface area contributed by atoms with Gasteiger partial charge in [0.25, 0.3) is 11.8 Å². The number of halogens is 1. The standard InChI is InChI=1S/C16H14BrN3O4/c1-9-7-14(24-19-9)18-13(21)3-2-6-20-15(22)11-5-4-10(17)8-12(11)16(20)23/h4-5,7-8H,2-3,6H2,1H3,(H,18,21). The monoisotopic (exact) mass is 391 g/mol. The minimum Gasteiger partial charge on any atom is -0.338 e. The number of aryl methyl sites for hydroxylation is 1. The van der Waals surface area contributed by atoms with Crippen molar-refractivity contribution in [2.45, 2.75) is 19.8 Å². The molecule has 0 saturated heterocycles. The van der Waals surface area contributed by atoms with Crippen molar-refractivity contribution in [3.8, 4) is 0 Å². The molecule has 1 aliphatic heterocycles. The van der Waals surface area contributed by atoms with E-state index in [0.29, 0.717) is 23.2 Å². The summed E-state index contributed by atoms with van der Waals surface area (Å²) in [6.07, 6.45) is 0.530. The summed E-state index contributed by atoms with van der Waals surface area (Å²) in [7, 11) is 0. The van der Waals surface area contributed by atoms with Gasteiger partial charge in [-0.15, -0.1) is 0 Å². The van der Waals surface area contributed by atoms with E-state index in [4.69, 9.17) is 4.52 Å². The number of hydrogen-bond acceptors (Lipinski definition) is 5. The highest BCUT2D eigenvalue weighted by Crippen LogP contribution is 2.26. The highest BCUT2D eigenvalue weighted by atomic mass is 79.9. The zero-order chi connectivity index (χ0) is 17.3. The van der Waals surface area contributed by atoms with Crippen LogP contribution in [0.1, 0.15) is 39.3 Å². The van der Waals surface area contributed by atoms with E-state index in [2.05, 4.69) is 26.4 Å². The van der Waals surface area contributed by atoms with Crippen LogP contribution in [0.3, 0.4) is 0 Å². The molecule has 1 aromatic heterocycles. The maximum atomic E-state index is 12.3. The predicted octanol–water partition coefficient (Wildman–Crippen LogP) is 2.76. The maximum absolute atomic E-state index is 12.3. The van der Waals surface area contributed by atoms with Crippen LogP contribution in [-0.2, 0) is 4.79 Å². The number of carbonyl (C=O) groups is 3. The number of anilines is 1. The third kappa shape index (κ3) is 3.23. The summed E-state index contributed by atoms with van der Waals surface area (Å²) in [5, 5.41) is 6.24. The number of carbonyl (C=O) groups excluding carboxylic acids is 3. The molecule has 3 rings (SSSR count). The van der Waals surface area contributed by atoms with Crippen molar-refractivity contribution in [3.63, 3.8) is 0 Å². The lowest BCUT2D eigenvalue weighted by Gasteiger charge is -2.13. The Morgan fingerprint density at radius 2 is 2.00 bits per heavy atom. The Bertz CT molecular complexity index is 830. The highest BCUT2D eigenvalue weighted by Gasteiger charge is 2.35. The quantitative estimate of drug-likeness (QED) is 0.790. The van der Waals surface area contributed by atoms with E-state index < -0.39 is 0 Å². The van der Waals surface area contributed by atoms with Gasteiger partial charge >= 0.3 is 0 Å². The van der Waals surface area contributed by atoms with Gasteiger partial charge in [-0.25, -0.2) is 0 Å². The van der Waals surface area contributed by atoms with Crippen LogP contribution in [0.5, 0.6) is 0 Å². The number of hydrogen-bond donors (Lipinski definition) is 1. The summed E-state index contributed by atoms with van der Waals surface area (Å²) in [4.78, 5) is 37.5. The molecule has 2 heterocycles. The summed E-state index contributed by atoms with van der Waals surface area (Å²) in [5.74, 6) is -0.634. The van der Waals surface area contributed by atoms with Crippen LogP contribution in [0.25, 0.3) is 0 Å². The maximum Gasteiger partial charge on any atom is 0.261 e. The van der Waals surface area contributed by atoms with Crippen molar-refractivity contribution < 1.29 is 18.9 Å². The number of fused-ring (bicyclic) bond motifs is 1. The first-order chi connectivity index (χ1) is 11.5. The van der Waals surface area contributed by atoms with Gasteiger partial charge in [0.2, 0.25) is 11.8 Å². The number of benzene rings is 1. The molecule has 8 heteroatoms. The van der Waals surface area contributed by atoms with Gasteiger partial charge in [0.1, 0.15) is 0 Å². The third-order valence-electron chi connectivity index (χ3n) is 3.61. The van der Waals surface area contributed by atoms with E-state index in [1.165, 1.54) is 4.90 Å². The van der Waals surface area contributed by atoms with Crippen molar-refractivity contribution in [3.05, 3.63) is 45.6 Å². The van der Waals surface area contributed by atoms with Crippen molar-refractivity contribution >= 4 is 39.5 Å². The van der Waals surface area contributed by atoms with E-state index in [-0.39, 0.29) is 36.6 Å². The lowest BCUT2D eigenvalue weighted by atomic mass is 10.1. The fourth-order valence-corrected chi connectivity index (χ4v) is 2.85. The molecule has 0 fully saturated rings. The molecule has 1 N–H and O–H groups in total. The number of imide groups is 1. The van der Waals surface area contributed by atoms with Crippen molar-refractivity contribution in [1.29, 1.82) is 0 Å². The van der Waals surface area contributed by atoms with Gasteiger partial charge < -0.3 is 4.52 Å². The number of nitrogens with zero attached hydrogens (tertiary/aromatic N) is 2. The molecule has 0 aliphatic carbocycles. The molecule has 0 radical (unpaired) electrons. The van der Waals surface area contributed by atoms with Gasteiger partial charge in [0, 0.05) is 23.5 Å².